The fraction of sp³-hybridized carbons (Fsp3) is 0.263. The van der Waals surface area contributed by atoms with Gasteiger partial charge in [-0.1, -0.05) is 18.2 Å². The van der Waals surface area contributed by atoms with E-state index in [1.54, 1.807) is 0 Å². The fourth-order valence-electron chi connectivity index (χ4n) is 3.63. The van der Waals surface area contributed by atoms with E-state index in [1.807, 2.05) is 42.5 Å². The van der Waals surface area contributed by atoms with Gasteiger partial charge >= 0.3 is 5.69 Å². The van der Waals surface area contributed by atoms with Crippen molar-refractivity contribution >= 4 is 22.6 Å². The highest BCUT2D eigenvalue weighted by molar-refractivity contribution is 5.80. The number of benzene rings is 2. The molecule has 0 spiro atoms. The lowest BCUT2D eigenvalue weighted by Gasteiger charge is -2.26. The number of aryl methyl sites for hydroxylation is 1. The molecule has 0 fully saturated rings. The van der Waals surface area contributed by atoms with E-state index in [4.69, 9.17) is 5.73 Å². The number of carbonyl (C=O) groups excluding carboxylic acids is 1. The Morgan fingerprint density at radius 3 is 3.00 bits per heavy atom. The van der Waals surface area contributed by atoms with E-state index in [2.05, 4.69) is 10.3 Å². The molecule has 3 aromatic rings. The molecule has 4 N–H and O–H groups in total. The molecule has 1 aliphatic carbocycles. The molecule has 6 nitrogen and oxygen atoms in total. The Morgan fingerprint density at radius 2 is 2.12 bits per heavy atom. The van der Waals surface area contributed by atoms with Crippen LogP contribution < -0.4 is 16.7 Å². The lowest BCUT2D eigenvalue weighted by atomic mass is 9.87. The smallest absolute Gasteiger partial charge is 0.326 e. The van der Waals surface area contributed by atoms with Crippen molar-refractivity contribution in [2.75, 3.05) is 5.73 Å². The van der Waals surface area contributed by atoms with Gasteiger partial charge < -0.3 is 16.0 Å². The van der Waals surface area contributed by atoms with Crippen LogP contribution in [0.15, 0.2) is 47.3 Å². The third-order valence-electron chi connectivity index (χ3n) is 4.80. The number of rotatable bonds is 3. The topological polar surface area (TPSA) is 92.9 Å². The van der Waals surface area contributed by atoms with Gasteiger partial charge in [-0.25, -0.2) is 4.79 Å². The minimum atomic E-state index is -0.270. The van der Waals surface area contributed by atoms with Crippen LogP contribution in [0.25, 0.3) is 11.0 Å². The second-order valence-electron chi connectivity index (χ2n) is 6.50. The van der Waals surface area contributed by atoms with Crippen molar-refractivity contribution in [3.05, 3.63) is 64.1 Å². The first-order valence-corrected chi connectivity index (χ1v) is 8.47. The average molecular weight is 336 g/mol. The number of aromatic amines is 1. The lowest BCUT2D eigenvalue weighted by Crippen LogP contribution is -2.35. The number of amides is 1. The summed E-state index contributed by atoms with van der Waals surface area (Å²) in [5.74, 6) is -0.165. The Bertz CT molecular complexity index is 1000. The SMILES string of the molecule is Nc1ccc2c(c1)CCCC2NC(=O)Cn1c(=O)[nH]c2ccccc21. The molecular weight excluding hydrogens is 316 g/mol. The van der Waals surface area contributed by atoms with Gasteiger partial charge in [-0.05, 0) is 54.7 Å². The summed E-state index contributed by atoms with van der Waals surface area (Å²) in [5, 5.41) is 3.07. The van der Waals surface area contributed by atoms with E-state index in [9.17, 15) is 9.59 Å². The number of aromatic nitrogens is 2. The van der Waals surface area contributed by atoms with Crippen LogP contribution in [0.2, 0.25) is 0 Å². The van der Waals surface area contributed by atoms with Crippen molar-refractivity contribution in [1.82, 2.24) is 14.9 Å². The predicted octanol–water partition coefficient (Wildman–Crippen LogP) is 2.11. The Labute approximate surface area is 144 Å². The van der Waals surface area contributed by atoms with Crippen molar-refractivity contribution in [3.63, 3.8) is 0 Å². The highest BCUT2D eigenvalue weighted by Gasteiger charge is 2.22. The second kappa shape index (κ2) is 6.12. The summed E-state index contributed by atoms with van der Waals surface area (Å²) in [6.07, 6.45) is 2.88. The predicted molar refractivity (Wildman–Crippen MR) is 97.2 cm³/mol. The quantitative estimate of drug-likeness (QED) is 0.640. The maximum Gasteiger partial charge on any atom is 0.326 e. The molecule has 4 rings (SSSR count). The Balaban J connectivity index is 1.55. The molecule has 1 heterocycles. The summed E-state index contributed by atoms with van der Waals surface area (Å²) >= 11 is 0. The molecule has 1 unspecified atom stereocenters. The largest absolute Gasteiger partial charge is 0.399 e. The number of H-pyrrole nitrogens is 1. The van der Waals surface area contributed by atoms with Gasteiger partial charge in [0, 0.05) is 5.69 Å². The van der Waals surface area contributed by atoms with Crippen LogP contribution in [-0.4, -0.2) is 15.5 Å². The Morgan fingerprint density at radius 1 is 1.28 bits per heavy atom. The van der Waals surface area contributed by atoms with Crippen LogP contribution in [0.4, 0.5) is 5.69 Å². The van der Waals surface area contributed by atoms with E-state index in [-0.39, 0.29) is 24.2 Å². The number of hydrogen-bond acceptors (Lipinski definition) is 3. The zero-order chi connectivity index (χ0) is 17.4. The van der Waals surface area contributed by atoms with Crippen LogP contribution in [-0.2, 0) is 17.8 Å². The van der Waals surface area contributed by atoms with E-state index < -0.39 is 0 Å². The maximum atomic E-state index is 12.5. The van der Waals surface area contributed by atoms with Crippen molar-refractivity contribution in [1.29, 1.82) is 0 Å². The zero-order valence-electron chi connectivity index (χ0n) is 13.8. The highest BCUT2D eigenvalue weighted by atomic mass is 16.2. The van der Waals surface area contributed by atoms with E-state index >= 15 is 0 Å². The number of anilines is 1. The van der Waals surface area contributed by atoms with E-state index in [1.165, 1.54) is 10.1 Å². The van der Waals surface area contributed by atoms with Crippen molar-refractivity contribution in [3.8, 4) is 0 Å². The standard InChI is InChI=1S/C19H20N4O2/c20-13-8-9-14-12(10-13)4-3-6-15(14)21-18(24)11-23-17-7-2-1-5-16(17)22-19(23)25/h1-2,5,7-10,15H,3-4,6,11,20H2,(H,21,24)(H,22,25). The number of nitrogens with zero attached hydrogens (tertiary/aromatic N) is 1. The van der Waals surface area contributed by atoms with Crippen LogP contribution in [0.3, 0.4) is 0 Å². The third kappa shape index (κ3) is 2.91. The molecule has 0 bridgehead atoms. The fourth-order valence-corrected chi connectivity index (χ4v) is 3.63. The molecule has 0 saturated heterocycles. The first-order chi connectivity index (χ1) is 12.1. The van der Waals surface area contributed by atoms with Gasteiger partial charge in [-0.15, -0.1) is 0 Å². The lowest BCUT2D eigenvalue weighted by molar-refractivity contribution is -0.122. The summed E-state index contributed by atoms with van der Waals surface area (Å²) in [6, 6.07) is 13.2. The molecule has 1 aliphatic rings. The Hall–Kier alpha value is -3.02. The normalized spacial score (nSPS) is 16.6. The second-order valence-corrected chi connectivity index (χ2v) is 6.50. The van der Waals surface area contributed by atoms with Gasteiger partial charge in [0.1, 0.15) is 6.54 Å². The number of nitrogens with one attached hydrogen (secondary N) is 2. The summed E-state index contributed by atoms with van der Waals surface area (Å²) < 4.78 is 1.47. The number of nitrogens with two attached hydrogens (primary N) is 1. The molecule has 2 aromatic carbocycles. The van der Waals surface area contributed by atoms with Gasteiger partial charge in [0.25, 0.3) is 0 Å². The summed E-state index contributed by atoms with van der Waals surface area (Å²) in [6.45, 7) is 0.00362. The monoisotopic (exact) mass is 336 g/mol. The molecule has 1 atom stereocenters. The van der Waals surface area contributed by atoms with Gasteiger partial charge in [-0.2, -0.15) is 0 Å². The number of carbonyl (C=O) groups is 1. The number of para-hydroxylation sites is 2. The minimum absolute atomic E-state index is 0.00362. The number of fused-ring (bicyclic) bond motifs is 2. The first-order valence-electron chi connectivity index (χ1n) is 8.47. The molecule has 1 aromatic heterocycles. The van der Waals surface area contributed by atoms with Gasteiger partial charge in [0.15, 0.2) is 0 Å². The molecule has 0 aliphatic heterocycles. The number of hydrogen-bond donors (Lipinski definition) is 3. The highest BCUT2D eigenvalue weighted by Crippen LogP contribution is 2.30. The molecule has 0 radical (unpaired) electrons. The van der Waals surface area contributed by atoms with Crippen LogP contribution in [0.1, 0.15) is 30.0 Å². The van der Waals surface area contributed by atoms with Gasteiger partial charge in [-0.3, -0.25) is 9.36 Å². The molecule has 1 amide bonds. The average Bonchev–Trinajstić information content (AvgIpc) is 2.90. The van der Waals surface area contributed by atoms with Gasteiger partial charge in [0.05, 0.1) is 17.1 Å². The van der Waals surface area contributed by atoms with E-state index in [0.717, 1.165) is 41.5 Å². The number of imidazole rings is 1. The molecule has 6 heteroatoms. The van der Waals surface area contributed by atoms with Crippen molar-refractivity contribution in [2.24, 2.45) is 0 Å². The summed E-state index contributed by atoms with van der Waals surface area (Å²) in [7, 11) is 0. The van der Waals surface area contributed by atoms with Crippen molar-refractivity contribution < 1.29 is 4.79 Å². The number of nitrogen functional groups attached to an aromatic ring is 1. The molecule has 128 valence electrons. The summed E-state index contributed by atoms with van der Waals surface area (Å²) in [4.78, 5) is 27.4. The zero-order valence-corrected chi connectivity index (χ0v) is 13.8. The molecule has 0 saturated carbocycles. The van der Waals surface area contributed by atoms with Crippen LogP contribution in [0, 0.1) is 0 Å². The van der Waals surface area contributed by atoms with Crippen LogP contribution >= 0.6 is 0 Å². The van der Waals surface area contributed by atoms with Gasteiger partial charge in [0.2, 0.25) is 5.91 Å². The first kappa shape index (κ1) is 15.5. The van der Waals surface area contributed by atoms with Crippen molar-refractivity contribution in [2.45, 2.75) is 31.8 Å². The Kier molecular flexibility index (Phi) is 3.80. The van der Waals surface area contributed by atoms with E-state index in [0.29, 0.717) is 0 Å². The maximum absolute atomic E-state index is 12.5. The third-order valence-corrected chi connectivity index (χ3v) is 4.80. The molecule has 25 heavy (non-hydrogen) atoms. The molecular formula is C19H20N4O2. The van der Waals surface area contributed by atoms with Crippen LogP contribution in [0.5, 0.6) is 0 Å². The minimum Gasteiger partial charge on any atom is -0.399 e. The summed E-state index contributed by atoms with van der Waals surface area (Å²) in [5.41, 5.74) is 10.1.